The number of benzene rings is 2. The Morgan fingerprint density at radius 1 is 1.05 bits per heavy atom. The van der Waals surface area contributed by atoms with E-state index in [1.807, 2.05) is 61.2 Å². The van der Waals surface area contributed by atoms with Crippen LogP contribution in [0.3, 0.4) is 0 Å². The third-order valence-electron chi connectivity index (χ3n) is 7.03. The van der Waals surface area contributed by atoms with E-state index in [0.717, 1.165) is 45.2 Å². The van der Waals surface area contributed by atoms with Crippen molar-refractivity contribution >= 4 is 45.7 Å². The van der Waals surface area contributed by atoms with Crippen molar-refractivity contribution in [2.75, 3.05) is 44.4 Å². The van der Waals surface area contributed by atoms with Crippen LogP contribution in [-0.2, 0) is 4.74 Å². The summed E-state index contributed by atoms with van der Waals surface area (Å²) in [5.41, 5.74) is 5.83. The number of piperazine rings is 1. The van der Waals surface area contributed by atoms with E-state index in [9.17, 15) is 9.59 Å². The summed E-state index contributed by atoms with van der Waals surface area (Å²) in [7, 11) is 0. The standard InChI is InChI=1S/C27H28N6O3S/c1-17-12-22(18-3-5-25-24(13-18)29-16-33(25)28)30-23-14-19(2-4-21(17)23)26(34)31-7-9-32(10-8-31)27(35)36-11-6-20-15-37-20/h2-5,12-14,16,20H,6-11,15,28H2,1H3. The van der Waals surface area contributed by atoms with E-state index in [-0.39, 0.29) is 12.0 Å². The van der Waals surface area contributed by atoms with Crippen LogP contribution in [0, 0.1) is 6.92 Å². The van der Waals surface area contributed by atoms with Crippen LogP contribution in [0.4, 0.5) is 4.79 Å². The normalized spacial score (nSPS) is 17.4. The Bertz CT molecular complexity index is 1510. The molecule has 37 heavy (non-hydrogen) atoms. The number of nitrogen functional groups attached to an aromatic ring is 1. The average molecular weight is 517 g/mol. The molecule has 2 amide bonds. The number of fused-ring (bicyclic) bond motifs is 2. The second-order valence-electron chi connectivity index (χ2n) is 9.55. The Balaban J connectivity index is 1.17. The van der Waals surface area contributed by atoms with E-state index in [0.29, 0.717) is 43.6 Å². The highest BCUT2D eigenvalue weighted by Crippen LogP contribution is 2.32. The number of imidazole rings is 1. The fourth-order valence-corrected chi connectivity index (χ4v) is 5.32. The van der Waals surface area contributed by atoms with Crippen LogP contribution < -0.4 is 5.84 Å². The molecule has 0 aliphatic carbocycles. The highest BCUT2D eigenvalue weighted by molar-refractivity contribution is 8.06. The third-order valence-corrected chi connectivity index (χ3v) is 8.07. The van der Waals surface area contributed by atoms with E-state index >= 15 is 0 Å². The SMILES string of the molecule is Cc1cc(-c2ccc3c(c2)ncn3N)nc2cc(C(=O)N3CCN(C(=O)OCCC4CS4)CC3)ccc12. The zero-order chi connectivity index (χ0) is 25.5. The van der Waals surface area contributed by atoms with Gasteiger partial charge in [-0.1, -0.05) is 12.1 Å². The molecule has 2 aliphatic rings. The number of aryl methyl sites for hydroxylation is 1. The first-order chi connectivity index (χ1) is 18.0. The number of ether oxygens (including phenoxy) is 1. The predicted molar refractivity (Wildman–Crippen MR) is 145 cm³/mol. The molecular formula is C27H28N6O3S. The number of nitrogens with two attached hydrogens (primary N) is 1. The minimum atomic E-state index is -0.285. The summed E-state index contributed by atoms with van der Waals surface area (Å²) in [6, 6.07) is 13.6. The smallest absolute Gasteiger partial charge is 0.409 e. The van der Waals surface area contributed by atoms with Gasteiger partial charge in [0.15, 0.2) is 0 Å². The molecule has 9 nitrogen and oxygen atoms in total. The topological polar surface area (TPSA) is 107 Å². The average Bonchev–Trinajstić information content (AvgIpc) is 3.68. The maximum atomic E-state index is 13.3. The van der Waals surface area contributed by atoms with Gasteiger partial charge in [0.25, 0.3) is 5.91 Å². The number of hydrogen-bond donors (Lipinski definition) is 1. The van der Waals surface area contributed by atoms with Crippen LogP contribution in [0.2, 0.25) is 0 Å². The van der Waals surface area contributed by atoms with Crippen LogP contribution in [0.1, 0.15) is 22.3 Å². The molecule has 2 N–H and O–H groups in total. The minimum absolute atomic E-state index is 0.0552. The molecular weight excluding hydrogens is 488 g/mol. The molecule has 4 heterocycles. The van der Waals surface area contributed by atoms with Gasteiger partial charge in [0.05, 0.1) is 28.9 Å². The second kappa shape index (κ2) is 9.59. The molecule has 0 spiro atoms. The number of thioether (sulfide) groups is 1. The lowest BCUT2D eigenvalue weighted by molar-refractivity contribution is 0.0559. The van der Waals surface area contributed by atoms with Crippen LogP contribution in [0.15, 0.2) is 48.8 Å². The van der Waals surface area contributed by atoms with Gasteiger partial charge in [-0.3, -0.25) is 4.79 Å². The van der Waals surface area contributed by atoms with Gasteiger partial charge in [0.2, 0.25) is 0 Å². The molecule has 0 radical (unpaired) electrons. The van der Waals surface area contributed by atoms with E-state index in [1.54, 1.807) is 16.1 Å². The summed E-state index contributed by atoms with van der Waals surface area (Å²) < 4.78 is 6.89. The third kappa shape index (κ3) is 4.81. The first-order valence-corrected chi connectivity index (χ1v) is 13.5. The summed E-state index contributed by atoms with van der Waals surface area (Å²) in [6.45, 7) is 4.41. The summed E-state index contributed by atoms with van der Waals surface area (Å²) in [6.07, 6.45) is 2.22. The number of amides is 2. The fraction of sp³-hybridized carbons (Fsp3) is 0.333. The highest BCUT2D eigenvalue weighted by Gasteiger charge is 2.27. The molecule has 2 saturated heterocycles. The summed E-state index contributed by atoms with van der Waals surface area (Å²) in [4.78, 5) is 38.3. The van der Waals surface area contributed by atoms with Gasteiger partial charge in [0, 0.05) is 53.7 Å². The van der Waals surface area contributed by atoms with E-state index < -0.39 is 0 Å². The highest BCUT2D eigenvalue weighted by atomic mass is 32.2. The van der Waals surface area contributed by atoms with Crippen molar-refractivity contribution in [1.29, 1.82) is 0 Å². The zero-order valence-corrected chi connectivity index (χ0v) is 21.4. The molecule has 1 atom stereocenters. The maximum Gasteiger partial charge on any atom is 0.409 e. The van der Waals surface area contributed by atoms with Gasteiger partial charge in [-0.05, 0) is 49.2 Å². The molecule has 1 unspecified atom stereocenters. The Kier molecular flexibility index (Phi) is 6.11. The molecule has 6 rings (SSSR count). The van der Waals surface area contributed by atoms with Crippen LogP contribution >= 0.6 is 11.8 Å². The molecule has 190 valence electrons. The number of aromatic nitrogens is 3. The fourth-order valence-electron chi connectivity index (χ4n) is 4.75. The number of hydrogen-bond acceptors (Lipinski definition) is 7. The Morgan fingerprint density at radius 2 is 1.84 bits per heavy atom. The van der Waals surface area contributed by atoms with E-state index in [4.69, 9.17) is 15.6 Å². The van der Waals surface area contributed by atoms with Crippen molar-refractivity contribution in [3.63, 3.8) is 0 Å². The van der Waals surface area contributed by atoms with E-state index in [2.05, 4.69) is 4.98 Å². The molecule has 2 fully saturated rings. The first kappa shape index (κ1) is 23.6. The van der Waals surface area contributed by atoms with Gasteiger partial charge in [-0.2, -0.15) is 11.8 Å². The van der Waals surface area contributed by atoms with Gasteiger partial charge in [0.1, 0.15) is 6.33 Å². The Morgan fingerprint density at radius 3 is 2.62 bits per heavy atom. The van der Waals surface area contributed by atoms with Gasteiger partial charge in [-0.25, -0.2) is 19.4 Å². The van der Waals surface area contributed by atoms with E-state index in [1.165, 1.54) is 10.4 Å². The Hall–Kier alpha value is -3.79. The quantitative estimate of drug-likeness (QED) is 0.319. The van der Waals surface area contributed by atoms with Crippen molar-refractivity contribution in [2.24, 2.45) is 0 Å². The molecule has 2 aromatic carbocycles. The van der Waals surface area contributed by atoms with Crippen molar-refractivity contribution in [3.8, 4) is 11.3 Å². The molecule has 2 aromatic heterocycles. The summed E-state index contributed by atoms with van der Waals surface area (Å²) in [5, 5.41) is 1.66. The van der Waals surface area contributed by atoms with Gasteiger partial charge >= 0.3 is 6.09 Å². The van der Waals surface area contributed by atoms with Gasteiger partial charge in [-0.15, -0.1) is 0 Å². The number of pyridine rings is 1. The lowest BCUT2D eigenvalue weighted by atomic mass is 10.0. The zero-order valence-electron chi connectivity index (χ0n) is 20.6. The molecule has 4 aromatic rings. The first-order valence-electron chi connectivity index (χ1n) is 12.4. The van der Waals surface area contributed by atoms with Crippen molar-refractivity contribution in [1.82, 2.24) is 24.4 Å². The molecule has 2 aliphatic heterocycles. The monoisotopic (exact) mass is 516 g/mol. The van der Waals surface area contributed by atoms with Crippen molar-refractivity contribution in [3.05, 3.63) is 59.9 Å². The molecule has 0 bridgehead atoms. The molecule has 0 saturated carbocycles. The number of carbonyl (C=O) groups is 2. The summed E-state index contributed by atoms with van der Waals surface area (Å²) in [5.74, 6) is 7.01. The maximum absolute atomic E-state index is 13.3. The van der Waals surface area contributed by atoms with Crippen LogP contribution in [0.25, 0.3) is 33.2 Å². The molecule has 10 heteroatoms. The predicted octanol–water partition coefficient (Wildman–Crippen LogP) is 3.67. The lowest BCUT2D eigenvalue weighted by Gasteiger charge is -2.34. The van der Waals surface area contributed by atoms with Crippen molar-refractivity contribution in [2.45, 2.75) is 18.6 Å². The van der Waals surface area contributed by atoms with Gasteiger partial charge < -0.3 is 20.4 Å². The Labute approximate surface area is 218 Å². The summed E-state index contributed by atoms with van der Waals surface area (Å²) >= 11 is 1.90. The number of carbonyl (C=O) groups excluding carboxylic acids is 2. The number of nitrogens with zero attached hydrogens (tertiary/aromatic N) is 5. The number of rotatable bonds is 5. The second-order valence-corrected chi connectivity index (χ2v) is 10.9. The largest absolute Gasteiger partial charge is 0.449 e. The van der Waals surface area contributed by atoms with Crippen molar-refractivity contribution < 1.29 is 14.3 Å². The minimum Gasteiger partial charge on any atom is -0.449 e. The van der Waals surface area contributed by atoms with Crippen LogP contribution in [-0.4, -0.2) is 80.2 Å². The lowest BCUT2D eigenvalue weighted by Crippen LogP contribution is -2.50. The van der Waals surface area contributed by atoms with Crippen LogP contribution in [0.5, 0.6) is 0 Å².